The summed E-state index contributed by atoms with van der Waals surface area (Å²) in [5, 5.41) is 3.06. The molecule has 1 saturated heterocycles. The second-order valence-corrected chi connectivity index (χ2v) is 14.6. The number of carbonyl (C=O) groups excluding carboxylic acids is 3. The van der Waals surface area contributed by atoms with Crippen molar-refractivity contribution in [2.45, 2.75) is 51.9 Å². The van der Waals surface area contributed by atoms with Gasteiger partial charge in [-0.25, -0.2) is 4.79 Å². The van der Waals surface area contributed by atoms with Gasteiger partial charge in [0.05, 0.1) is 24.1 Å². The number of carbonyl (C=O) groups is 3. The minimum Gasteiger partial charge on any atom is -0.465 e. The van der Waals surface area contributed by atoms with E-state index in [0.29, 0.717) is 46.0 Å². The Morgan fingerprint density at radius 1 is 1.04 bits per heavy atom. The smallest absolute Gasteiger partial charge is 0.348 e. The maximum Gasteiger partial charge on any atom is 0.348 e. The normalized spacial score (nSPS) is 18.4. The minimum absolute atomic E-state index is 0.120. The summed E-state index contributed by atoms with van der Waals surface area (Å²) in [5.74, 6) is -0.146. The van der Waals surface area contributed by atoms with Crippen molar-refractivity contribution in [3.05, 3.63) is 111 Å². The van der Waals surface area contributed by atoms with Crippen LogP contribution in [0.2, 0.25) is 0 Å². The van der Waals surface area contributed by atoms with Crippen LogP contribution in [-0.4, -0.2) is 49.6 Å². The maximum absolute atomic E-state index is 13.9. The molecule has 2 aliphatic heterocycles. The Morgan fingerprint density at radius 2 is 1.84 bits per heavy atom. The molecule has 4 heterocycles. The summed E-state index contributed by atoms with van der Waals surface area (Å²) in [6.07, 6.45) is 11.2. The van der Waals surface area contributed by atoms with Crippen molar-refractivity contribution in [3.63, 3.8) is 0 Å². The second-order valence-electron chi connectivity index (χ2n) is 13.6. The number of fused-ring (bicyclic) bond motifs is 1. The van der Waals surface area contributed by atoms with Gasteiger partial charge in [0, 0.05) is 42.1 Å². The third-order valence-corrected chi connectivity index (χ3v) is 11.4. The molecule has 9 heteroatoms. The molecule has 1 unspecified atom stereocenters. The first-order chi connectivity index (χ1) is 23.8. The molecule has 0 bridgehead atoms. The third-order valence-electron chi connectivity index (χ3n) is 10.3. The SMILES string of the molecule is COC(=O)c1ccc(C2=Cc3ccccc3N(C(=O)c3ccc(NC(=O)c4cc(C)cnc4CC4CCC5(CCOCC5)C4)cc3)CC2)s1. The predicted octanol–water partition coefficient (Wildman–Crippen LogP) is 8.22. The van der Waals surface area contributed by atoms with Gasteiger partial charge in [-0.2, -0.15) is 0 Å². The summed E-state index contributed by atoms with van der Waals surface area (Å²) in [5.41, 5.74) is 6.77. The van der Waals surface area contributed by atoms with Crippen LogP contribution in [0, 0.1) is 18.3 Å². The molecular weight excluding hydrogens is 635 g/mol. The second kappa shape index (κ2) is 14.1. The molecule has 1 atom stereocenters. The molecule has 2 aromatic heterocycles. The molecule has 1 spiro atoms. The molecule has 1 aliphatic carbocycles. The first kappa shape index (κ1) is 32.9. The van der Waals surface area contributed by atoms with Gasteiger partial charge in [0.15, 0.2) is 0 Å². The number of amides is 2. The van der Waals surface area contributed by atoms with Gasteiger partial charge in [-0.1, -0.05) is 18.2 Å². The van der Waals surface area contributed by atoms with E-state index >= 15 is 0 Å². The molecule has 0 radical (unpaired) electrons. The number of hydrogen-bond donors (Lipinski definition) is 1. The number of nitrogens with one attached hydrogen (secondary N) is 1. The van der Waals surface area contributed by atoms with E-state index in [0.717, 1.165) is 71.9 Å². The van der Waals surface area contributed by atoms with Crippen molar-refractivity contribution in [2.75, 3.05) is 37.1 Å². The number of anilines is 2. The molecule has 4 aromatic rings. The van der Waals surface area contributed by atoms with Crippen LogP contribution in [0.25, 0.3) is 11.6 Å². The van der Waals surface area contributed by atoms with E-state index < -0.39 is 0 Å². The number of esters is 1. The monoisotopic (exact) mass is 675 g/mol. The number of para-hydroxylation sites is 1. The Balaban J connectivity index is 1.04. The molecule has 3 aliphatic rings. The number of aryl methyl sites for hydroxylation is 1. The molecule has 2 fully saturated rings. The highest BCUT2D eigenvalue weighted by atomic mass is 32.1. The lowest BCUT2D eigenvalue weighted by Gasteiger charge is -2.33. The Morgan fingerprint density at radius 3 is 2.63 bits per heavy atom. The highest BCUT2D eigenvalue weighted by Crippen LogP contribution is 2.49. The number of rotatable bonds is 7. The Bertz CT molecular complexity index is 1910. The molecule has 2 aromatic carbocycles. The maximum atomic E-state index is 13.9. The van der Waals surface area contributed by atoms with Crippen molar-refractivity contribution in [2.24, 2.45) is 11.3 Å². The Kier molecular flexibility index (Phi) is 9.47. The van der Waals surface area contributed by atoms with Crippen molar-refractivity contribution >= 4 is 52.1 Å². The predicted molar refractivity (Wildman–Crippen MR) is 193 cm³/mol. The summed E-state index contributed by atoms with van der Waals surface area (Å²) in [4.78, 5) is 47.7. The lowest BCUT2D eigenvalue weighted by Crippen LogP contribution is -2.32. The number of hydrogen-bond acceptors (Lipinski definition) is 7. The van der Waals surface area contributed by atoms with E-state index in [1.54, 1.807) is 35.2 Å². The van der Waals surface area contributed by atoms with Gasteiger partial charge < -0.3 is 19.7 Å². The zero-order chi connectivity index (χ0) is 34.0. The zero-order valence-corrected chi connectivity index (χ0v) is 28.8. The summed E-state index contributed by atoms with van der Waals surface area (Å²) in [6.45, 7) is 4.14. The number of ether oxygens (including phenoxy) is 2. The molecule has 49 heavy (non-hydrogen) atoms. The largest absolute Gasteiger partial charge is 0.465 e. The first-order valence-corrected chi connectivity index (χ1v) is 17.9. The molecule has 2 amide bonds. The lowest BCUT2D eigenvalue weighted by atomic mass is 9.78. The van der Waals surface area contributed by atoms with Gasteiger partial charge in [0.1, 0.15) is 4.88 Å². The van der Waals surface area contributed by atoms with E-state index in [9.17, 15) is 14.4 Å². The van der Waals surface area contributed by atoms with E-state index in [-0.39, 0.29) is 17.8 Å². The van der Waals surface area contributed by atoms with Crippen LogP contribution in [0.4, 0.5) is 11.4 Å². The average Bonchev–Trinajstić information content (AvgIpc) is 3.72. The highest BCUT2D eigenvalue weighted by molar-refractivity contribution is 7.15. The number of aromatic nitrogens is 1. The van der Waals surface area contributed by atoms with Crippen LogP contribution < -0.4 is 10.2 Å². The number of thiophene rings is 1. The lowest BCUT2D eigenvalue weighted by molar-refractivity contribution is 0.0161. The molecule has 8 nitrogen and oxygen atoms in total. The van der Waals surface area contributed by atoms with Crippen molar-refractivity contribution < 1.29 is 23.9 Å². The van der Waals surface area contributed by atoms with Gasteiger partial charge in [-0.05, 0) is 135 Å². The summed E-state index contributed by atoms with van der Waals surface area (Å²) in [7, 11) is 1.38. The molecule has 7 rings (SSSR count). The van der Waals surface area contributed by atoms with E-state index in [1.807, 2.05) is 49.5 Å². The zero-order valence-electron chi connectivity index (χ0n) is 28.0. The molecule has 1 N–H and O–H groups in total. The van der Waals surface area contributed by atoms with Crippen LogP contribution in [0.5, 0.6) is 0 Å². The topological polar surface area (TPSA) is 97.8 Å². The van der Waals surface area contributed by atoms with Crippen LogP contribution in [0.3, 0.4) is 0 Å². The van der Waals surface area contributed by atoms with Crippen LogP contribution in [-0.2, 0) is 15.9 Å². The number of pyridine rings is 1. The summed E-state index contributed by atoms with van der Waals surface area (Å²) in [6, 6.07) is 20.6. The van der Waals surface area contributed by atoms with E-state index in [4.69, 9.17) is 14.5 Å². The van der Waals surface area contributed by atoms with Gasteiger partial charge in [0.2, 0.25) is 0 Å². The molecule has 252 valence electrons. The Hall–Kier alpha value is -4.60. The van der Waals surface area contributed by atoms with Crippen LogP contribution in [0.1, 0.15) is 90.6 Å². The fourth-order valence-corrected chi connectivity index (χ4v) is 8.60. The molecular formula is C40H41N3O5S. The Labute approximate surface area is 291 Å². The third kappa shape index (κ3) is 7.09. The number of nitrogens with zero attached hydrogens (tertiary/aromatic N) is 2. The minimum atomic E-state index is -0.356. The van der Waals surface area contributed by atoms with Gasteiger partial charge in [-0.3, -0.25) is 14.6 Å². The van der Waals surface area contributed by atoms with Crippen LogP contribution in [0.15, 0.2) is 72.9 Å². The van der Waals surface area contributed by atoms with E-state index in [1.165, 1.54) is 31.3 Å². The average molecular weight is 676 g/mol. The van der Waals surface area contributed by atoms with Gasteiger partial charge in [-0.15, -0.1) is 11.3 Å². The fraction of sp³-hybridized carbons (Fsp3) is 0.350. The van der Waals surface area contributed by atoms with Crippen molar-refractivity contribution in [1.82, 2.24) is 4.98 Å². The number of benzene rings is 2. The standard InChI is InChI=1S/C40H41N3O5S/c1-26-21-32(33(41-25-26)22-27-13-15-40(24-27)16-19-48-20-17-40)37(44)42-31-9-7-28(8-10-31)38(45)43-18-14-30(23-29-5-3-4-6-34(29)43)35-11-12-36(49-35)39(46)47-2/h3-12,21,23,25,27H,13-20,22,24H2,1-2H3,(H,42,44). The van der Waals surface area contributed by atoms with Gasteiger partial charge >= 0.3 is 5.97 Å². The van der Waals surface area contributed by atoms with E-state index in [2.05, 4.69) is 11.4 Å². The summed E-state index contributed by atoms with van der Waals surface area (Å²) < 4.78 is 10.5. The highest BCUT2D eigenvalue weighted by Gasteiger charge is 2.40. The van der Waals surface area contributed by atoms with Crippen LogP contribution >= 0.6 is 11.3 Å². The van der Waals surface area contributed by atoms with Crippen molar-refractivity contribution in [1.29, 1.82) is 0 Å². The first-order valence-electron chi connectivity index (χ1n) is 17.1. The fourth-order valence-electron chi connectivity index (χ4n) is 7.63. The summed E-state index contributed by atoms with van der Waals surface area (Å²) >= 11 is 1.39. The van der Waals surface area contributed by atoms with Gasteiger partial charge in [0.25, 0.3) is 11.8 Å². The quantitative estimate of drug-likeness (QED) is 0.198. The van der Waals surface area contributed by atoms with Crippen molar-refractivity contribution in [3.8, 4) is 0 Å². The molecule has 1 saturated carbocycles. The number of methoxy groups -OCH3 is 1.